The number of hydrogen-bond acceptors (Lipinski definition) is 3. The summed E-state index contributed by atoms with van der Waals surface area (Å²) in [5.74, 6) is 2.23. The minimum Gasteiger partial charge on any atom is -0.497 e. The summed E-state index contributed by atoms with van der Waals surface area (Å²) in [4.78, 5) is 0. The Bertz CT molecular complexity index is 433. The van der Waals surface area contributed by atoms with Gasteiger partial charge in [0, 0.05) is 12.6 Å². The molecule has 1 aromatic rings. The van der Waals surface area contributed by atoms with Crippen LogP contribution in [0, 0.1) is 11.8 Å². The van der Waals surface area contributed by atoms with E-state index in [1.165, 1.54) is 25.7 Å². The van der Waals surface area contributed by atoms with Crippen LogP contribution >= 0.6 is 0 Å². The second kappa shape index (κ2) is 7.81. The maximum Gasteiger partial charge on any atom is 0.119 e. The van der Waals surface area contributed by atoms with Crippen LogP contribution < -0.4 is 10.1 Å². The van der Waals surface area contributed by atoms with Gasteiger partial charge < -0.3 is 15.2 Å². The standard InChI is InChI=1S/C18H29NO2/c1-13(2)16-9-4-5-10-17(16)19-12-18(20)14-7-6-8-15(11-14)21-3/h6-8,11,13,16-20H,4-5,9-10,12H2,1-3H3. The molecule has 2 rings (SSSR count). The topological polar surface area (TPSA) is 41.5 Å². The molecule has 3 unspecified atom stereocenters. The summed E-state index contributed by atoms with van der Waals surface area (Å²) in [6.07, 6.45) is 4.71. The first-order valence-electron chi connectivity index (χ1n) is 8.17. The Labute approximate surface area is 128 Å². The molecule has 1 aliphatic carbocycles. The smallest absolute Gasteiger partial charge is 0.119 e. The predicted octanol–water partition coefficient (Wildman–Crippen LogP) is 3.53. The average molecular weight is 291 g/mol. The van der Waals surface area contributed by atoms with Gasteiger partial charge in [0.15, 0.2) is 0 Å². The van der Waals surface area contributed by atoms with Crippen LogP contribution in [-0.2, 0) is 0 Å². The molecule has 0 spiro atoms. The van der Waals surface area contributed by atoms with Gasteiger partial charge >= 0.3 is 0 Å². The van der Waals surface area contributed by atoms with Crippen molar-refractivity contribution in [1.29, 1.82) is 0 Å². The van der Waals surface area contributed by atoms with E-state index in [-0.39, 0.29) is 0 Å². The average Bonchev–Trinajstić information content (AvgIpc) is 2.52. The van der Waals surface area contributed by atoms with Crippen molar-refractivity contribution in [1.82, 2.24) is 5.32 Å². The van der Waals surface area contributed by atoms with Crippen LogP contribution in [0.2, 0.25) is 0 Å². The van der Waals surface area contributed by atoms with E-state index < -0.39 is 6.10 Å². The van der Waals surface area contributed by atoms with E-state index in [4.69, 9.17) is 4.74 Å². The fraction of sp³-hybridized carbons (Fsp3) is 0.667. The van der Waals surface area contributed by atoms with Gasteiger partial charge in [-0.25, -0.2) is 0 Å². The highest BCUT2D eigenvalue weighted by molar-refractivity contribution is 5.29. The molecule has 0 saturated heterocycles. The minimum absolute atomic E-state index is 0.477. The maximum absolute atomic E-state index is 10.4. The summed E-state index contributed by atoms with van der Waals surface area (Å²) in [5, 5.41) is 14.0. The van der Waals surface area contributed by atoms with Gasteiger partial charge in [-0.3, -0.25) is 0 Å². The second-order valence-electron chi connectivity index (χ2n) is 6.50. The molecule has 0 bridgehead atoms. The molecule has 0 radical (unpaired) electrons. The Hall–Kier alpha value is -1.06. The van der Waals surface area contributed by atoms with Crippen molar-refractivity contribution >= 4 is 0 Å². The summed E-state index contributed by atoms with van der Waals surface area (Å²) >= 11 is 0. The molecule has 1 aromatic carbocycles. The molecule has 2 N–H and O–H groups in total. The van der Waals surface area contributed by atoms with E-state index in [2.05, 4.69) is 19.2 Å². The van der Waals surface area contributed by atoms with E-state index in [0.717, 1.165) is 17.2 Å². The molecule has 0 amide bonds. The largest absolute Gasteiger partial charge is 0.497 e. The number of benzene rings is 1. The third kappa shape index (κ3) is 4.45. The molecular weight excluding hydrogens is 262 g/mol. The summed E-state index contributed by atoms with van der Waals surface area (Å²) in [7, 11) is 1.65. The third-order valence-corrected chi connectivity index (χ3v) is 4.73. The number of aliphatic hydroxyl groups is 1. The van der Waals surface area contributed by atoms with Gasteiger partial charge in [0.05, 0.1) is 13.2 Å². The summed E-state index contributed by atoms with van der Waals surface area (Å²) in [6, 6.07) is 8.23. The molecule has 0 aromatic heterocycles. The van der Waals surface area contributed by atoms with E-state index in [1.807, 2.05) is 24.3 Å². The SMILES string of the molecule is COc1cccc(C(O)CNC2CCCCC2C(C)C)c1. The Balaban J connectivity index is 1.91. The van der Waals surface area contributed by atoms with Crippen LogP contribution in [-0.4, -0.2) is 24.8 Å². The van der Waals surface area contributed by atoms with Gasteiger partial charge in [0.2, 0.25) is 0 Å². The van der Waals surface area contributed by atoms with Gasteiger partial charge in [-0.2, -0.15) is 0 Å². The Morgan fingerprint density at radius 3 is 2.76 bits per heavy atom. The first-order chi connectivity index (χ1) is 10.1. The predicted molar refractivity (Wildman–Crippen MR) is 86.5 cm³/mol. The van der Waals surface area contributed by atoms with Gasteiger partial charge in [-0.15, -0.1) is 0 Å². The number of aliphatic hydroxyl groups excluding tert-OH is 1. The molecule has 3 atom stereocenters. The summed E-state index contributed by atoms with van der Waals surface area (Å²) < 4.78 is 5.22. The lowest BCUT2D eigenvalue weighted by Gasteiger charge is -2.35. The Kier molecular flexibility index (Phi) is 6.07. The van der Waals surface area contributed by atoms with E-state index >= 15 is 0 Å². The van der Waals surface area contributed by atoms with Gasteiger partial charge in [-0.05, 0) is 42.4 Å². The fourth-order valence-corrected chi connectivity index (χ4v) is 3.44. The van der Waals surface area contributed by atoms with Crippen LogP contribution in [0.1, 0.15) is 51.2 Å². The Morgan fingerprint density at radius 1 is 1.29 bits per heavy atom. The minimum atomic E-state index is -0.477. The van der Waals surface area contributed by atoms with Crippen molar-refractivity contribution in [2.45, 2.75) is 51.7 Å². The van der Waals surface area contributed by atoms with Crippen LogP contribution in [0.15, 0.2) is 24.3 Å². The van der Waals surface area contributed by atoms with Crippen molar-refractivity contribution < 1.29 is 9.84 Å². The van der Waals surface area contributed by atoms with Crippen molar-refractivity contribution in [2.75, 3.05) is 13.7 Å². The number of ether oxygens (including phenoxy) is 1. The lowest BCUT2D eigenvalue weighted by atomic mass is 9.78. The number of nitrogens with one attached hydrogen (secondary N) is 1. The highest BCUT2D eigenvalue weighted by Crippen LogP contribution is 2.30. The number of rotatable bonds is 6. The monoisotopic (exact) mass is 291 g/mol. The van der Waals surface area contributed by atoms with Crippen LogP contribution in [0.3, 0.4) is 0 Å². The van der Waals surface area contributed by atoms with Crippen molar-refractivity contribution in [3.05, 3.63) is 29.8 Å². The van der Waals surface area contributed by atoms with E-state index in [9.17, 15) is 5.11 Å². The highest BCUT2D eigenvalue weighted by Gasteiger charge is 2.27. The third-order valence-electron chi connectivity index (χ3n) is 4.73. The molecule has 1 aliphatic rings. The molecule has 21 heavy (non-hydrogen) atoms. The Morgan fingerprint density at radius 2 is 2.05 bits per heavy atom. The van der Waals surface area contributed by atoms with Crippen molar-refractivity contribution in [3.63, 3.8) is 0 Å². The number of methoxy groups -OCH3 is 1. The van der Waals surface area contributed by atoms with Crippen LogP contribution in [0.5, 0.6) is 5.75 Å². The second-order valence-corrected chi connectivity index (χ2v) is 6.50. The van der Waals surface area contributed by atoms with Gasteiger partial charge in [-0.1, -0.05) is 38.8 Å². The highest BCUT2D eigenvalue weighted by atomic mass is 16.5. The molecule has 3 heteroatoms. The molecule has 0 aliphatic heterocycles. The molecule has 3 nitrogen and oxygen atoms in total. The maximum atomic E-state index is 10.4. The molecule has 118 valence electrons. The van der Waals surface area contributed by atoms with Gasteiger partial charge in [0.25, 0.3) is 0 Å². The normalized spacial score (nSPS) is 24.0. The first-order valence-corrected chi connectivity index (χ1v) is 8.17. The zero-order chi connectivity index (χ0) is 15.2. The lowest BCUT2D eigenvalue weighted by molar-refractivity contribution is 0.143. The van der Waals surface area contributed by atoms with Crippen molar-refractivity contribution in [3.8, 4) is 5.75 Å². The molecule has 1 saturated carbocycles. The summed E-state index contributed by atoms with van der Waals surface area (Å²) in [5.41, 5.74) is 0.916. The number of hydrogen-bond donors (Lipinski definition) is 2. The first kappa shape index (κ1) is 16.3. The van der Waals surface area contributed by atoms with Crippen LogP contribution in [0.25, 0.3) is 0 Å². The zero-order valence-electron chi connectivity index (χ0n) is 13.5. The fourth-order valence-electron chi connectivity index (χ4n) is 3.44. The molecule has 1 fully saturated rings. The summed E-state index contributed by atoms with van der Waals surface area (Å²) in [6.45, 7) is 5.23. The zero-order valence-corrected chi connectivity index (χ0v) is 13.5. The van der Waals surface area contributed by atoms with E-state index in [1.54, 1.807) is 7.11 Å². The van der Waals surface area contributed by atoms with Crippen LogP contribution in [0.4, 0.5) is 0 Å². The van der Waals surface area contributed by atoms with Crippen molar-refractivity contribution in [2.24, 2.45) is 11.8 Å². The molecule has 0 heterocycles. The van der Waals surface area contributed by atoms with E-state index in [0.29, 0.717) is 18.5 Å². The quantitative estimate of drug-likeness (QED) is 0.842. The van der Waals surface area contributed by atoms with Gasteiger partial charge in [0.1, 0.15) is 5.75 Å². The molecular formula is C18H29NO2. The lowest BCUT2D eigenvalue weighted by Crippen LogP contribution is -2.42.